The molecule has 1 aliphatic rings. The van der Waals surface area contributed by atoms with E-state index in [1.165, 1.54) is 6.92 Å². The lowest BCUT2D eigenvalue weighted by Gasteiger charge is -2.33. The van der Waals surface area contributed by atoms with E-state index in [1.807, 2.05) is 60.7 Å². The number of hydrogen-bond donors (Lipinski definition) is 0. The highest BCUT2D eigenvalue weighted by atomic mass is 32.2. The standard InChI is InChI=1S/C23H28O4S/c1-16-14-26-23(28-20-12-8-5-9-13-20)22(27-18(3)24)21(17(16)2)25-15-19-10-6-4-7-11-19/h4-13,16-17,21-23H,14-15H2,1-3H3/t16-,17-,21+,22+,23-/m1/s1. The van der Waals surface area contributed by atoms with Crippen LogP contribution in [0, 0.1) is 11.8 Å². The van der Waals surface area contributed by atoms with Crippen molar-refractivity contribution in [1.29, 1.82) is 0 Å². The zero-order valence-electron chi connectivity index (χ0n) is 16.6. The molecule has 1 aliphatic heterocycles. The summed E-state index contributed by atoms with van der Waals surface area (Å²) in [5, 5.41) is 0. The van der Waals surface area contributed by atoms with Crippen LogP contribution in [0.1, 0.15) is 26.3 Å². The largest absolute Gasteiger partial charge is 0.456 e. The minimum Gasteiger partial charge on any atom is -0.456 e. The Hall–Kier alpha value is -1.82. The fourth-order valence-electron chi connectivity index (χ4n) is 3.33. The lowest BCUT2D eigenvalue weighted by molar-refractivity contribution is -0.164. The van der Waals surface area contributed by atoms with Crippen molar-refractivity contribution in [2.24, 2.45) is 11.8 Å². The van der Waals surface area contributed by atoms with Gasteiger partial charge in [0.05, 0.1) is 13.2 Å². The number of benzene rings is 2. The molecule has 0 bridgehead atoms. The molecule has 1 heterocycles. The molecule has 5 atom stereocenters. The van der Waals surface area contributed by atoms with Crippen LogP contribution in [-0.2, 0) is 25.6 Å². The highest BCUT2D eigenvalue weighted by Crippen LogP contribution is 2.37. The van der Waals surface area contributed by atoms with Crippen LogP contribution in [0.2, 0.25) is 0 Å². The lowest BCUT2D eigenvalue weighted by atomic mass is 9.89. The predicted molar refractivity (Wildman–Crippen MR) is 111 cm³/mol. The molecule has 0 aromatic heterocycles. The molecule has 150 valence electrons. The molecule has 28 heavy (non-hydrogen) atoms. The van der Waals surface area contributed by atoms with Crippen molar-refractivity contribution in [2.75, 3.05) is 6.61 Å². The zero-order valence-corrected chi connectivity index (χ0v) is 17.4. The Labute approximate surface area is 171 Å². The highest BCUT2D eigenvalue weighted by Gasteiger charge is 2.42. The maximum absolute atomic E-state index is 11.9. The molecule has 0 spiro atoms. The zero-order chi connectivity index (χ0) is 19.9. The molecule has 0 amide bonds. The van der Waals surface area contributed by atoms with Gasteiger partial charge < -0.3 is 14.2 Å². The van der Waals surface area contributed by atoms with Crippen molar-refractivity contribution in [3.63, 3.8) is 0 Å². The van der Waals surface area contributed by atoms with Crippen molar-refractivity contribution in [3.05, 3.63) is 66.2 Å². The maximum Gasteiger partial charge on any atom is 0.303 e. The molecule has 0 radical (unpaired) electrons. The van der Waals surface area contributed by atoms with Gasteiger partial charge in [-0.25, -0.2) is 0 Å². The third-order valence-corrected chi connectivity index (χ3v) is 6.29. The van der Waals surface area contributed by atoms with Crippen LogP contribution in [-0.4, -0.2) is 30.2 Å². The first-order valence-corrected chi connectivity index (χ1v) is 10.6. The van der Waals surface area contributed by atoms with Gasteiger partial charge in [0.25, 0.3) is 0 Å². The van der Waals surface area contributed by atoms with Gasteiger partial charge in [0.1, 0.15) is 11.5 Å². The van der Waals surface area contributed by atoms with Crippen LogP contribution in [0.3, 0.4) is 0 Å². The molecule has 5 heteroatoms. The Morgan fingerprint density at radius 1 is 1.04 bits per heavy atom. The van der Waals surface area contributed by atoms with Gasteiger partial charge >= 0.3 is 5.97 Å². The van der Waals surface area contributed by atoms with Crippen molar-refractivity contribution < 1.29 is 19.0 Å². The summed E-state index contributed by atoms with van der Waals surface area (Å²) in [6.45, 7) is 6.83. The fraction of sp³-hybridized carbons (Fsp3) is 0.435. The van der Waals surface area contributed by atoms with E-state index in [-0.39, 0.29) is 23.4 Å². The number of rotatable bonds is 6. The maximum atomic E-state index is 11.9. The molecule has 2 aromatic rings. The topological polar surface area (TPSA) is 44.8 Å². The molecular formula is C23H28O4S. The van der Waals surface area contributed by atoms with Crippen LogP contribution < -0.4 is 0 Å². The summed E-state index contributed by atoms with van der Waals surface area (Å²) in [7, 11) is 0. The van der Waals surface area contributed by atoms with Gasteiger partial charge in [0.2, 0.25) is 0 Å². The van der Waals surface area contributed by atoms with Gasteiger partial charge in [-0.05, 0) is 29.5 Å². The number of esters is 1. The molecule has 1 fully saturated rings. The second-order valence-electron chi connectivity index (χ2n) is 7.30. The van der Waals surface area contributed by atoms with Crippen LogP contribution in [0.5, 0.6) is 0 Å². The Morgan fingerprint density at radius 3 is 2.32 bits per heavy atom. The third-order valence-electron chi connectivity index (χ3n) is 5.11. The summed E-state index contributed by atoms with van der Waals surface area (Å²) in [5.41, 5.74) is 0.779. The molecule has 0 saturated carbocycles. The van der Waals surface area contributed by atoms with Gasteiger partial charge in [0, 0.05) is 11.8 Å². The normalized spacial score (nSPS) is 27.8. The van der Waals surface area contributed by atoms with Crippen molar-refractivity contribution in [1.82, 2.24) is 0 Å². The SMILES string of the molecule is CC(=O)O[C@H]1[C@@H](OCc2ccccc2)[C@H](C)[C@H](C)CO[C@@H]1Sc1ccccc1. The molecule has 0 unspecified atom stereocenters. The number of thioether (sulfide) groups is 1. The molecule has 1 saturated heterocycles. The molecule has 4 nitrogen and oxygen atoms in total. The van der Waals surface area contributed by atoms with E-state index in [4.69, 9.17) is 14.2 Å². The summed E-state index contributed by atoms with van der Waals surface area (Å²) in [6, 6.07) is 20.1. The second kappa shape index (κ2) is 10.1. The summed E-state index contributed by atoms with van der Waals surface area (Å²) in [5.74, 6) is 0.164. The first kappa shape index (κ1) is 20.9. The van der Waals surface area contributed by atoms with Gasteiger partial charge in [0.15, 0.2) is 6.10 Å². The minimum atomic E-state index is -0.480. The van der Waals surface area contributed by atoms with E-state index in [9.17, 15) is 4.79 Å². The molecular weight excluding hydrogens is 372 g/mol. The number of carbonyl (C=O) groups is 1. The Bertz CT molecular complexity index is 737. The summed E-state index contributed by atoms with van der Waals surface area (Å²) >= 11 is 1.58. The van der Waals surface area contributed by atoms with Gasteiger partial charge in [-0.1, -0.05) is 74.1 Å². The first-order valence-electron chi connectivity index (χ1n) is 9.70. The number of ether oxygens (including phenoxy) is 3. The van der Waals surface area contributed by atoms with E-state index >= 15 is 0 Å². The van der Waals surface area contributed by atoms with Crippen LogP contribution in [0.25, 0.3) is 0 Å². The Balaban J connectivity index is 1.83. The molecule has 3 rings (SSSR count). The van der Waals surface area contributed by atoms with Crippen LogP contribution in [0.15, 0.2) is 65.6 Å². The Morgan fingerprint density at radius 2 is 1.68 bits per heavy atom. The summed E-state index contributed by atoms with van der Waals surface area (Å²) in [6.07, 6.45) is -0.728. The summed E-state index contributed by atoms with van der Waals surface area (Å²) in [4.78, 5) is 13.0. The second-order valence-corrected chi connectivity index (χ2v) is 8.48. The van der Waals surface area contributed by atoms with Crippen molar-refractivity contribution in [3.8, 4) is 0 Å². The third kappa shape index (κ3) is 5.60. The molecule has 0 aliphatic carbocycles. The molecule has 0 N–H and O–H groups in total. The van der Waals surface area contributed by atoms with Gasteiger partial charge in [-0.15, -0.1) is 0 Å². The van der Waals surface area contributed by atoms with E-state index in [0.29, 0.717) is 19.1 Å². The minimum absolute atomic E-state index is 0.189. The quantitative estimate of drug-likeness (QED) is 0.644. The van der Waals surface area contributed by atoms with E-state index < -0.39 is 6.10 Å². The highest BCUT2D eigenvalue weighted by molar-refractivity contribution is 7.99. The van der Waals surface area contributed by atoms with Crippen molar-refractivity contribution in [2.45, 2.75) is 49.9 Å². The Kier molecular flexibility index (Phi) is 7.54. The number of hydrogen-bond acceptors (Lipinski definition) is 5. The fourth-order valence-corrected chi connectivity index (χ4v) is 4.41. The van der Waals surface area contributed by atoms with Crippen LogP contribution >= 0.6 is 11.8 Å². The lowest BCUT2D eigenvalue weighted by Crippen LogP contribution is -2.44. The van der Waals surface area contributed by atoms with Crippen LogP contribution in [0.4, 0.5) is 0 Å². The predicted octanol–water partition coefficient (Wildman–Crippen LogP) is 4.92. The first-order chi connectivity index (χ1) is 13.5. The van der Waals surface area contributed by atoms with E-state index in [0.717, 1.165) is 10.5 Å². The monoisotopic (exact) mass is 400 g/mol. The summed E-state index contributed by atoms with van der Waals surface area (Å²) < 4.78 is 18.3. The van der Waals surface area contributed by atoms with E-state index in [2.05, 4.69) is 13.8 Å². The van der Waals surface area contributed by atoms with Crippen molar-refractivity contribution >= 4 is 17.7 Å². The average molecular weight is 401 g/mol. The van der Waals surface area contributed by atoms with E-state index in [1.54, 1.807) is 11.8 Å². The molecule has 2 aromatic carbocycles. The van der Waals surface area contributed by atoms with Gasteiger partial charge in [-0.2, -0.15) is 0 Å². The smallest absolute Gasteiger partial charge is 0.303 e. The average Bonchev–Trinajstić information content (AvgIpc) is 2.80. The van der Waals surface area contributed by atoms with Gasteiger partial charge in [-0.3, -0.25) is 4.79 Å². The number of carbonyl (C=O) groups excluding carboxylic acids is 1.